The molecule has 1 fully saturated rings. The number of benzene rings is 1. The van der Waals surface area contributed by atoms with Gasteiger partial charge in [-0.3, -0.25) is 14.4 Å². The SMILES string of the molecule is CC(=O)N[C@H](C(=O)N1CC(O)CC1C(=O)N[C@@H](C)c1ccc(Cl)cc1)C(C)(C)C. The van der Waals surface area contributed by atoms with E-state index >= 15 is 0 Å². The first kappa shape index (κ1) is 23.2. The van der Waals surface area contributed by atoms with Crippen LogP contribution in [-0.2, 0) is 14.4 Å². The fourth-order valence-corrected chi connectivity index (χ4v) is 3.59. The summed E-state index contributed by atoms with van der Waals surface area (Å²) in [5.74, 6) is -1.04. The molecule has 8 heteroatoms. The molecule has 0 aromatic heterocycles. The Morgan fingerprint density at radius 1 is 1.17 bits per heavy atom. The van der Waals surface area contributed by atoms with E-state index in [2.05, 4.69) is 10.6 Å². The lowest BCUT2D eigenvalue weighted by atomic mass is 9.85. The van der Waals surface area contributed by atoms with Crippen LogP contribution in [0.2, 0.25) is 5.02 Å². The largest absolute Gasteiger partial charge is 0.391 e. The fourth-order valence-electron chi connectivity index (χ4n) is 3.47. The van der Waals surface area contributed by atoms with E-state index in [0.29, 0.717) is 5.02 Å². The number of β-amino-alcohol motifs (C(OH)–C–C–N with tert-alkyl or cyclic N) is 1. The van der Waals surface area contributed by atoms with Gasteiger partial charge in [-0.2, -0.15) is 0 Å². The lowest BCUT2D eigenvalue weighted by Crippen LogP contribution is -2.57. The number of hydrogen-bond donors (Lipinski definition) is 3. The van der Waals surface area contributed by atoms with E-state index in [4.69, 9.17) is 11.6 Å². The number of hydrogen-bond acceptors (Lipinski definition) is 4. The van der Waals surface area contributed by atoms with Gasteiger partial charge >= 0.3 is 0 Å². The van der Waals surface area contributed by atoms with E-state index in [0.717, 1.165) is 5.56 Å². The van der Waals surface area contributed by atoms with Crippen molar-refractivity contribution < 1.29 is 19.5 Å². The maximum absolute atomic E-state index is 13.2. The molecule has 1 saturated heterocycles. The molecule has 2 rings (SSSR count). The number of halogens is 1. The van der Waals surface area contributed by atoms with Crippen molar-refractivity contribution in [1.82, 2.24) is 15.5 Å². The van der Waals surface area contributed by atoms with E-state index in [9.17, 15) is 19.5 Å². The smallest absolute Gasteiger partial charge is 0.246 e. The third kappa shape index (κ3) is 5.93. The van der Waals surface area contributed by atoms with Gasteiger partial charge in [0.15, 0.2) is 0 Å². The summed E-state index contributed by atoms with van der Waals surface area (Å²) in [4.78, 5) is 39.1. The molecule has 0 spiro atoms. The number of amides is 3. The van der Waals surface area contributed by atoms with Gasteiger partial charge in [0.25, 0.3) is 0 Å². The molecule has 1 heterocycles. The number of likely N-dealkylation sites (tertiary alicyclic amines) is 1. The molecule has 0 aliphatic carbocycles. The number of carbonyl (C=O) groups is 3. The Labute approximate surface area is 176 Å². The van der Waals surface area contributed by atoms with Crippen molar-refractivity contribution in [2.24, 2.45) is 5.41 Å². The van der Waals surface area contributed by atoms with E-state index in [-0.39, 0.29) is 36.7 Å². The molecule has 160 valence electrons. The predicted octanol–water partition coefficient (Wildman–Crippen LogP) is 2.03. The van der Waals surface area contributed by atoms with Crippen molar-refractivity contribution in [1.29, 1.82) is 0 Å². The average Bonchev–Trinajstić information content (AvgIpc) is 3.00. The van der Waals surface area contributed by atoms with Crippen molar-refractivity contribution in [3.63, 3.8) is 0 Å². The number of carbonyl (C=O) groups excluding carboxylic acids is 3. The summed E-state index contributed by atoms with van der Waals surface area (Å²) < 4.78 is 0. The Balaban J connectivity index is 2.17. The van der Waals surface area contributed by atoms with Crippen LogP contribution in [0.4, 0.5) is 0 Å². The van der Waals surface area contributed by atoms with Gasteiger partial charge in [-0.05, 0) is 30.0 Å². The van der Waals surface area contributed by atoms with Gasteiger partial charge in [-0.1, -0.05) is 44.5 Å². The van der Waals surface area contributed by atoms with Gasteiger partial charge in [-0.25, -0.2) is 0 Å². The second kappa shape index (κ2) is 9.13. The molecule has 7 nitrogen and oxygen atoms in total. The Kier molecular flexibility index (Phi) is 7.30. The van der Waals surface area contributed by atoms with E-state index in [1.54, 1.807) is 12.1 Å². The molecule has 0 radical (unpaired) electrons. The zero-order valence-corrected chi connectivity index (χ0v) is 18.3. The highest BCUT2D eigenvalue weighted by Crippen LogP contribution is 2.27. The zero-order valence-electron chi connectivity index (χ0n) is 17.5. The molecule has 4 atom stereocenters. The highest BCUT2D eigenvalue weighted by Gasteiger charge is 2.44. The first-order valence-electron chi connectivity index (χ1n) is 9.71. The van der Waals surface area contributed by atoms with Gasteiger partial charge in [0.05, 0.1) is 12.1 Å². The van der Waals surface area contributed by atoms with Gasteiger partial charge in [0.1, 0.15) is 12.1 Å². The fraction of sp³-hybridized carbons (Fsp3) is 0.571. The lowest BCUT2D eigenvalue weighted by molar-refractivity contribution is -0.144. The van der Waals surface area contributed by atoms with Crippen LogP contribution >= 0.6 is 11.6 Å². The molecule has 3 N–H and O–H groups in total. The Bertz CT molecular complexity index is 760. The third-order valence-electron chi connectivity index (χ3n) is 5.05. The summed E-state index contributed by atoms with van der Waals surface area (Å²) in [6.45, 7) is 8.77. The van der Waals surface area contributed by atoms with Crippen LogP contribution < -0.4 is 10.6 Å². The van der Waals surface area contributed by atoms with Crippen LogP contribution in [0.25, 0.3) is 0 Å². The standard InChI is InChI=1S/C21H30ClN3O4/c1-12(14-6-8-15(22)9-7-14)23-19(28)17-10-16(27)11-25(17)20(29)18(21(3,4)5)24-13(2)26/h6-9,12,16-18,27H,10-11H2,1-5H3,(H,23,28)(H,24,26)/t12-,16?,17?,18+/m0/s1. The molecular weight excluding hydrogens is 394 g/mol. The molecule has 0 saturated carbocycles. The molecule has 29 heavy (non-hydrogen) atoms. The molecule has 1 aromatic carbocycles. The maximum atomic E-state index is 13.2. The van der Waals surface area contributed by atoms with Crippen molar-refractivity contribution in [3.8, 4) is 0 Å². The molecule has 0 bridgehead atoms. The van der Waals surface area contributed by atoms with Gasteiger partial charge < -0.3 is 20.6 Å². The number of nitrogens with zero attached hydrogens (tertiary/aromatic N) is 1. The zero-order chi connectivity index (χ0) is 21.9. The summed E-state index contributed by atoms with van der Waals surface area (Å²) in [5.41, 5.74) is 0.332. The van der Waals surface area contributed by atoms with Crippen LogP contribution in [0, 0.1) is 5.41 Å². The Hall–Kier alpha value is -2.12. The second-order valence-corrected chi connectivity index (χ2v) is 9.11. The van der Waals surface area contributed by atoms with Crippen molar-refractivity contribution in [3.05, 3.63) is 34.9 Å². The number of rotatable bonds is 5. The van der Waals surface area contributed by atoms with E-state index < -0.39 is 23.6 Å². The molecule has 1 aromatic rings. The van der Waals surface area contributed by atoms with Gasteiger partial charge in [0.2, 0.25) is 17.7 Å². The Morgan fingerprint density at radius 2 is 1.76 bits per heavy atom. The summed E-state index contributed by atoms with van der Waals surface area (Å²) in [6.07, 6.45) is -0.638. The monoisotopic (exact) mass is 423 g/mol. The average molecular weight is 424 g/mol. The second-order valence-electron chi connectivity index (χ2n) is 8.68. The minimum atomic E-state index is -0.800. The van der Waals surface area contributed by atoms with Crippen molar-refractivity contribution in [2.75, 3.05) is 6.54 Å². The van der Waals surface area contributed by atoms with Crippen LogP contribution in [-0.4, -0.2) is 52.5 Å². The topological polar surface area (TPSA) is 98.7 Å². The predicted molar refractivity (Wildman–Crippen MR) is 111 cm³/mol. The first-order chi connectivity index (χ1) is 13.4. The van der Waals surface area contributed by atoms with E-state index in [1.807, 2.05) is 39.8 Å². The Morgan fingerprint density at radius 3 is 2.28 bits per heavy atom. The van der Waals surface area contributed by atoms with Crippen molar-refractivity contribution in [2.45, 2.75) is 65.3 Å². The van der Waals surface area contributed by atoms with Crippen LogP contribution in [0.1, 0.15) is 52.6 Å². The van der Waals surface area contributed by atoms with Crippen LogP contribution in [0.5, 0.6) is 0 Å². The first-order valence-corrected chi connectivity index (χ1v) is 10.1. The number of aliphatic hydroxyl groups is 1. The van der Waals surface area contributed by atoms with Crippen LogP contribution in [0.3, 0.4) is 0 Å². The number of nitrogens with one attached hydrogen (secondary N) is 2. The highest BCUT2D eigenvalue weighted by molar-refractivity contribution is 6.30. The summed E-state index contributed by atoms with van der Waals surface area (Å²) in [7, 11) is 0. The van der Waals surface area contributed by atoms with Gasteiger partial charge in [0, 0.05) is 24.9 Å². The molecule has 1 aliphatic heterocycles. The molecule has 1 aliphatic rings. The summed E-state index contributed by atoms with van der Waals surface area (Å²) in [6, 6.07) is 5.26. The molecular formula is C21H30ClN3O4. The third-order valence-corrected chi connectivity index (χ3v) is 5.31. The van der Waals surface area contributed by atoms with Gasteiger partial charge in [-0.15, -0.1) is 0 Å². The molecule has 3 amide bonds. The summed E-state index contributed by atoms with van der Waals surface area (Å²) in [5, 5.41) is 16.3. The lowest BCUT2D eigenvalue weighted by Gasteiger charge is -2.35. The highest BCUT2D eigenvalue weighted by atomic mass is 35.5. The summed E-state index contributed by atoms with van der Waals surface area (Å²) >= 11 is 5.91. The normalized spacial score (nSPS) is 21.4. The quantitative estimate of drug-likeness (QED) is 0.674. The van der Waals surface area contributed by atoms with E-state index in [1.165, 1.54) is 11.8 Å². The van der Waals surface area contributed by atoms with Crippen LogP contribution in [0.15, 0.2) is 24.3 Å². The van der Waals surface area contributed by atoms with Crippen molar-refractivity contribution >= 4 is 29.3 Å². The number of aliphatic hydroxyl groups excluding tert-OH is 1. The minimum absolute atomic E-state index is 0.0540. The molecule has 2 unspecified atom stereocenters. The minimum Gasteiger partial charge on any atom is -0.391 e. The maximum Gasteiger partial charge on any atom is 0.246 e.